The number of carbonyl (C=O) groups excluding carboxylic acids is 1. The topological polar surface area (TPSA) is 66.6 Å². The predicted molar refractivity (Wildman–Crippen MR) is 94.0 cm³/mol. The summed E-state index contributed by atoms with van der Waals surface area (Å²) in [5.74, 6) is -0.156. The van der Waals surface area contributed by atoms with Crippen LogP contribution in [-0.4, -0.2) is 33.0 Å². The third kappa shape index (κ3) is 3.58. The summed E-state index contributed by atoms with van der Waals surface area (Å²) in [7, 11) is 0. The molecule has 0 aliphatic heterocycles. The van der Waals surface area contributed by atoms with Crippen molar-refractivity contribution in [3.05, 3.63) is 59.4 Å². The monoisotopic (exact) mass is 343 g/mol. The lowest BCUT2D eigenvalue weighted by Crippen LogP contribution is -2.32. The number of hydrogen-bond donors (Lipinski definition) is 2. The molecule has 1 unspecified atom stereocenters. The Bertz CT molecular complexity index is 856. The zero-order valence-corrected chi connectivity index (χ0v) is 14.0. The third-order valence-electron chi connectivity index (χ3n) is 3.67. The highest BCUT2D eigenvalue weighted by atomic mass is 35.5. The SMILES string of the molecule is CC(O)CNC(=O)Cc1c(-c2ccc(Cl)cc2)nc2ccccn12. The first-order chi connectivity index (χ1) is 11.5. The van der Waals surface area contributed by atoms with Gasteiger partial charge in [-0.05, 0) is 31.2 Å². The molecule has 2 N–H and O–H groups in total. The van der Waals surface area contributed by atoms with Crippen molar-refractivity contribution in [1.82, 2.24) is 14.7 Å². The average molecular weight is 344 g/mol. The molecular weight excluding hydrogens is 326 g/mol. The number of pyridine rings is 1. The summed E-state index contributed by atoms with van der Waals surface area (Å²) >= 11 is 5.96. The Labute approximate surface area is 144 Å². The molecule has 3 aromatic rings. The van der Waals surface area contributed by atoms with Crippen LogP contribution >= 0.6 is 11.6 Å². The van der Waals surface area contributed by atoms with Gasteiger partial charge in [0.25, 0.3) is 0 Å². The number of benzene rings is 1. The lowest BCUT2D eigenvalue weighted by molar-refractivity contribution is -0.120. The number of halogens is 1. The van der Waals surface area contributed by atoms with E-state index in [1.165, 1.54) is 0 Å². The molecule has 0 bridgehead atoms. The van der Waals surface area contributed by atoms with Gasteiger partial charge in [0.05, 0.1) is 23.9 Å². The smallest absolute Gasteiger partial charge is 0.226 e. The van der Waals surface area contributed by atoms with Gasteiger partial charge in [0, 0.05) is 23.3 Å². The van der Waals surface area contributed by atoms with Crippen LogP contribution in [0.25, 0.3) is 16.9 Å². The Kier molecular flexibility index (Phi) is 4.83. The average Bonchev–Trinajstić information content (AvgIpc) is 2.92. The van der Waals surface area contributed by atoms with Gasteiger partial charge in [0.2, 0.25) is 5.91 Å². The molecule has 0 aliphatic carbocycles. The number of imidazole rings is 1. The minimum absolute atomic E-state index is 0.156. The molecule has 1 atom stereocenters. The lowest BCUT2D eigenvalue weighted by Gasteiger charge is -2.08. The van der Waals surface area contributed by atoms with Gasteiger partial charge in [-0.3, -0.25) is 4.79 Å². The van der Waals surface area contributed by atoms with E-state index in [0.29, 0.717) is 5.02 Å². The van der Waals surface area contributed by atoms with Crippen molar-refractivity contribution in [2.45, 2.75) is 19.4 Å². The molecule has 0 fully saturated rings. The molecule has 1 aromatic carbocycles. The first kappa shape index (κ1) is 16.5. The zero-order chi connectivity index (χ0) is 17.1. The van der Waals surface area contributed by atoms with E-state index in [2.05, 4.69) is 10.3 Å². The van der Waals surface area contributed by atoms with Gasteiger partial charge in [-0.15, -0.1) is 0 Å². The number of fused-ring (bicyclic) bond motifs is 1. The van der Waals surface area contributed by atoms with Crippen molar-refractivity contribution in [3.8, 4) is 11.3 Å². The van der Waals surface area contributed by atoms with Crippen molar-refractivity contribution in [2.24, 2.45) is 0 Å². The van der Waals surface area contributed by atoms with Crippen molar-refractivity contribution >= 4 is 23.2 Å². The molecule has 0 saturated carbocycles. The van der Waals surface area contributed by atoms with Gasteiger partial charge < -0.3 is 14.8 Å². The number of aliphatic hydroxyl groups excluding tert-OH is 1. The Morgan fingerprint density at radius 1 is 1.29 bits per heavy atom. The maximum Gasteiger partial charge on any atom is 0.226 e. The molecule has 6 heteroatoms. The molecule has 1 amide bonds. The van der Waals surface area contributed by atoms with Crippen molar-refractivity contribution in [2.75, 3.05) is 6.54 Å². The fourth-order valence-electron chi connectivity index (χ4n) is 2.53. The summed E-state index contributed by atoms with van der Waals surface area (Å²) in [5, 5.41) is 12.7. The molecule has 2 aromatic heterocycles. The van der Waals surface area contributed by atoms with Crippen LogP contribution in [0.1, 0.15) is 12.6 Å². The second-order valence-electron chi connectivity index (χ2n) is 5.67. The fourth-order valence-corrected chi connectivity index (χ4v) is 2.66. The van der Waals surface area contributed by atoms with Crippen molar-refractivity contribution in [1.29, 1.82) is 0 Å². The summed E-state index contributed by atoms with van der Waals surface area (Å²) < 4.78 is 1.91. The van der Waals surface area contributed by atoms with Gasteiger partial charge in [0.1, 0.15) is 5.65 Å². The second-order valence-corrected chi connectivity index (χ2v) is 6.11. The molecule has 2 heterocycles. The van der Waals surface area contributed by atoms with E-state index in [1.54, 1.807) is 19.1 Å². The van der Waals surface area contributed by atoms with Crippen LogP contribution in [0.4, 0.5) is 0 Å². The minimum Gasteiger partial charge on any atom is -0.392 e. The molecule has 0 radical (unpaired) electrons. The summed E-state index contributed by atoms with van der Waals surface area (Å²) in [6, 6.07) is 13.1. The number of amides is 1. The van der Waals surface area contributed by atoms with Crippen LogP contribution in [-0.2, 0) is 11.2 Å². The quantitative estimate of drug-likeness (QED) is 0.748. The Hall–Kier alpha value is -2.37. The summed E-state index contributed by atoms with van der Waals surface area (Å²) in [6.07, 6.45) is 1.49. The number of nitrogens with one attached hydrogen (secondary N) is 1. The van der Waals surface area contributed by atoms with E-state index in [0.717, 1.165) is 22.6 Å². The second kappa shape index (κ2) is 7.03. The highest BCUT2D eigenvalue weighted by Crippen LogP contribution is 2.26. The number of aromatic nitrogens is 2. The zero-order valence-electron chi connectivity index (χ0n) is 13.2. The molecule has 5 nitrogen and oxygen atoms in total. The normalized spacial score (nSPS) is 12.3. The highest BCUT2D eigenvalue weighted by molar-refractivity contribution is 6.30. The van der Waals surface area contributed by atoms with Crippen LogP contribution in [0.2, 0.25) is 5.02 Å². The molecule has 24 heavy (non-hydrogen) atoms. The largest absolute Gasteiger partial charge is 0.392 e. The first-order valence-electron chi connectivity index (χ1n) is 7.71. The van der Waals surface area contributed by atoms with Crippen molar-refractivity contribution < 1.29 is 9.90 Å². The van der Waals surface area contributed by atoms with E-state index in [1.807, 2.05) is 40.9 Å². The minimum atomic E-state index is -0.577. The van der Waals surface area contributed by atoms with E-state index in [-0.39, 0.29) is 18.9 Å². The van der Waals surface area contributed by atoms with Crippen LogP contribution in [0.3, 0.4) is 0 Å². The number of nitrogens with zero attached hydrogens (tertiary/aromatic N) is 2. The van der Waals surface area contributed by atoms with Crippen LogP contribution < -0.4 is 5.32 Å². The fraction of sp³-hybridized carbons (Fsp3) is 0.222. The maximum atomic E-state index is 12.2. The van der Waals surface area contributed by atoms with Gasteiger partial charge in [-0.1, -0.05) is 29.8 Å². The molecule has 0 spiro atoms. The van der Waals surface area contributed by atoms with Gasteiger partial charge in [0.15, 0.2) is 0 Å². The van der Waals surface area contributed by atoms with Crippen molar-refractivity contribution in [3.63, 3.8) is 0 Å². The van der Waals surface area contributed by atoms with Gasteiger partial charge in [-0.2, -0.15) is 0 Å². The summed E-state index contributed by atoms with van der Waals surface area (Å²) in [5.41, 5.74) is 3.24. The Balaban J connectivity index is 1.99. The van der Waals surface area contributed by atoms with Gasteiger partial charge in [-0.25, -0.2) is 4.98 Å². The summed E-state index contributed by atoms with van der Waals surface area (Å²) in [6.45, 7) is 1.86. The van der Waals surface area contributed by atoms with E-state index in [4.69, 9.17) is 11.6 Å². The number of aliphatic hydroxyl groups is 1. The highest BCUT2D eigenvalue weighted by Gasteiger charge is 2.17. The Morgan fingerprint density at radius 2 is 2.04 bits per heavy atom. The lowest BCUT2D eigenvalue weighted by atomic mass is 10.1. The maximum absolute atomic E-state index is 12.2. The molecule has 0 saturated heterocycles. The number of rotatable bonds is 5. The standard InChI is InChI=1S/C18H18ClN3O2/c1-12(23)11-20-17(24)10-15-18(13-5-7-14(19)8-6-13)21-16-4-2-3-9-22(15)16/h2-9,12,23H,10-11H2,1H3,(H,20,24). The van der Waals surface area contributed by atoms with Gasteiger partial charge >= 0.3 is 0 Å². The third-order valence-corrected chi connectivity index (χ3v) is 3.92. The number of hydrogen-bond acceptors (Lipinski definition) is 3. The summed E-state index contributed by atoms with van der Waals surface area (Å²) in [4.78, 5) is 16.9. The molecule has 124 valence electrons. The Morgan fingerprint density at radius 3 is 2.75 bits per heavy atom. The van der Waals surface area contributed by atoms with Crippen LogP contribution in [0.15, 0.2) is 48.7 Å². The first-order valence-corrected chi connectivity index (χ1v) is 8.09. The van der Waals surface area contributed by atoms with Crippen LogP contribution in [0.5, 0.6) is 0 Å². The van der Waals surface area contributed by atoms with E-state index in [9.17, 15) is 9.90 Å². The number of carbonyl (C=O) groups is 1. The van der Waals surface area contributed by atoms with E-state index >= 15 is 0 Å². The molecule has 3 rings (SSSR count). The van der Waals surface area contributed by atoms with E-state index < -0.39 is 6.10 Å². The molecule has 0 aliphatic rings. The molecular formula is C18H18ClN3O2. The van der Waals surface area contributed by atoms with Crippen LogP contribution in [0, 0.1) is 0 Å². The predicted octanol–water partition coefficient (Wildman–Crippen LogP) is 2.69.